The Morgan fingerprint density at radius 3 is 2.43 bits per heavy atom. The summed E-state index contributed by atoms with van der Waals surface area (Å²) >= 11 is 1.63. The molecule has 1 saturated carbocycles. The number of pyridine rings is 1. The van der Waals surface area contributed by atoms with Gasteiger partial charge in [-0.15, -0.1) is 11.3 Å². The Bertz CT molecular complexity index is 2160. The molecule has 0 N–H and O–H groups in total. The summed E-state index contributed by atoms with van der Waals surface area (Å²) in [6.45, 7) is 8.44. The van der Waals surface area contributed by atoms with E-state index in [0.717, 1.165) is 67.8 Å². The molecule has 1 atom stereocenters. The zero-order valence-electron chi connectivity index (χ0n) is 29.8. The fraction of sp³-hybridized carbons (Fsp3) is 0.333. The Balaban J connectivity index is 1.30. The van der Waals surface area contributed by atoms with Gasteiger partial charge in [0.1, 0.15) is 16.9 Å². The second-order valence-electron chi connectivity index (χ2n) is 13.9. The van der Waals surface area contributed by atoms with Crippen LogP contribution >= 0.6 is 11.3 Å². The minimum Gasteiger partial charge on any atom is -0.484 e. The number of Topliss-reactive ketones (excluding diaryl/α,β-unsaturated/α-hetero) is 1. The highest BCUT2D eigenvalue weighted by Gasteiger charge is 2.37. The molecule has 0 amide bonds. The molecule has 0 radical (unpaired) electrons. The molecular weight excluding hydrogens is 659 g/mol. The summed E-state index contributed by atoms with van der Waals surface area (Å²) in [4.78, 5) is 36.9. The van der Waals surface area contributed by atoms with E-state index in [2.05, 4.69) is 39.9 Å². The van der Waals surface area contributed by atoms with Crippen molar-refractivity contribution in [3.63, 3.8) is 0 Å². The predicted octanol–water partition coefficient (Wildman–Crippen LogP) is 9.62. The summed E-state index contributed by atoms with van der Waals surface area (Å²) in [5.74, 6) is 1.06. The molecule has 3 aromatic carbocycles. The third kappa shape index (κ3) is 7.00. The number of ketones is 1. The number of para-hydroxylation sites is 1. The number of methoxy groups -OCH3 is 1. The van der Waals surface area contributed by atoms with Crippen LogP contribution in [0.1, 0.15) is 79.7 Å². The fourth-order valence-corrected chi connectivity index (χ4v) is 7.71. The lowest BCUT2D eigenvalue weighted by molar-refractivity contribution is -0.153. The van der Waals surface area contributed by atoms with Crippen molar-refractivity contribution in [1.29, 1.82) is 0 Å². The third-order valence-corrected chi connectivity index (χ3v) is 11.0. The summed E-state index contributed by atoms with van der Waals surface area (Å²) in [5.41, 5.74) is 5.66. The quantitative estimate of drug-likeness (QED) is 0.0875. The number of carbonyl (C=O) groups is 2. The number of fused-ring (bicyclic) bond motifs is 2. The third-order valence-electron chi connectivity index (χ3n) is 9.85. The first-order valence-electron chi connectivity index (χ1n) is 17.6. The van der Waals surface area contributed by atoms with Crippen molar-refractivity contribution >= 4 is 44.2 Å². The fourth-order valence-electron chi connectivity index (χ4n) is 6.77. The van der Waals surface area contributed by atoms with Crippen molar-refractivity contribution in [3.8, 4) is 22.8 Å². The van der Waals surface area contributed by atoms with Gasteiger partial charge in [0.25, 0.3) is 0 Å². The van der Waals surface area contributed by atoms with Crippen molar-refractivity contribution < 1.29 is 23.8 Å². The highest BCUT2D eigenvalue weighted by molar-refractivity contribution is 7.18. The standard InChI is InChI=1S/C42H43N3O5S/c1-6-49-41(47)42(3,4)23-35-38(39(46)29-10-9-11-29)32-22-31(50-26(2)40-44-33-12-7-8-13-36(33)51-40)19-20-34(32)45(35)25-27-14-16-28(17-15-27)30-18-21-37(48-5)43-24-30/h7-8,12-22,24,26,29H,6,9-11,23,25H2,1-5H3. The zero-order chi connectivity index (χ0) is 35.7. The van der Waals surface area contributed by atoms with Crippen LogP contribution in [-0.2, 0) is 22.5 Å². The van der Waals surface area contributed by atoms with Gasteiger partial charge in [0, 0.05) is 58.9 Å². The molecule has 3 aromatic heterocycles. The molecule has 6 aromatic rings. The van der Waals surface area contributed by atoms with Crippen LogP contribution in [0.15, 0.2) is 85.1 Å². The van der Waals surface area contributed by atoms with Crippen molar-refractivity contribution in [2.75, 3.05) is 13.7 Å². The van der Waals surface area contributed by atoms with Crippen LogP contribution in [0.4, 0.5) is 0 Å². The normalized spacial score (nSPS) is 14.0. The highest BCUT2D eigenvalue weighted by Crippen LogP contribution is 2.40. The molecule has 0 spiro atoms. The first-order valence-corrected chi connectivity index (χ1v) is 18.4. The molecule has 9 heteroatoms. The molecule has 0 saturated heterocycles. The molecule has 3 heterocycles. The molecule has 1 aliphatic rings. The minimum absolute atomic E-state index is 0.0304. The Labute approximate surface area is 302 Å². The van der Waals surface area contributed by atoms with Crippen molar-refractivity contribution in [1.82, 2.24) is 14.5 Å². The lowest BCUT2D eigenvalue weighted by Gasteiger charge is -2.27. The van der Waals surface area contributed by atoms with Gasteiger partial charge in [0.05, 0.1) is 29.3 Å². The monoisotopic (exact) mass is 701 g/mol. The van der Waals surface area contributed by atoms with Crippen molar-refractivity contribution in [3.05, 3.63) is 107 Å². The van der Waals surface area contributed by atoms with Gasteiger partial charge in [-0.3, -0.25) is 9.59 Å². The number of aromatic nitrogens is 3. The first-order chi connectivity index (χ1) is 24.6. The largest absolute Gasteiger partial charge is 0.484 e. The van der Waals surface area contributed by atoms with Crippen LogP contribution in [0.2, 0.25) is 0 Å². The number of hydrogen-bond donors (Lipinski definition) is 0. The molecule has 51 heavy (non-hydrogen) atoms. The van der Waals surface area contributed by atoms with E-state index in [-0.39, 0.29) is 23.8 Å². The van der Waals surface area contributed by atoms with Crippen LogP contribution < -0.4 is 9.47 Å². The Kier molecular flexibility index (Phi) is 9.66. The van der Waals surface area contributed by atoms with Crippen LogP contribution in [-0.4, -0.2) is 40.0 Å². The minimum atomic E-state index is -0.858. The van der Waals surface area contributed by atoms with Crippen molar-refractivity contribution in [2.24, 2.45) is 11.3 Å². The maximum atomic E-state index is 14.4. The number of hydrogen-bond acceptors (Lipinski definition) is 8. The summed E-state index contributed by atoms with van der Waals surface area (Å²) < 4.78 is 20.6. The lowest BCUT2D eigenvalue weighted by atomic mass is 9.78. The molecule has 0 bridgehead atoms. The number of thiazole rings is 1. The number of nitrogens with zero attached hydrogens (tertiary/aromatic N) is 3. The summed E-state index contributed by atoms with van der Waals surface area (Å²) in [5, 5.41) is 1.74. The highest BCUT2D eigenvalue weighted by atomic mass is 32.1. The van der Waals surface area contributed by atoms with Gasteiger partial charge in [-0.1, -0.05) is 42.8 Å². The van der Waals surface area contributed by atoms with E-state index in [4.69, 9.17) is 19.2 Å². The second kappa shape index (κ2) is 14.3. The van der Waals surface area contributed by atoms with E-state index in [1.54, 1.807) is 24.6 Å². The van der Waals surface area contributed by atoms with Gasteiger partial charge in [0.2, 0.25) is 5.88 Å². The molecule has 1 unspecified atom stereocenters. The zero-order valence-corrected chi connectivity index (χ0v) is 30.6. The maximum Gasteiger partial charge on any atom is 0.311 e. The summed E-state index contributed by atoms with van der Waals surface area (Å²) in [7, 11) is 1.60. The summed E-state index contributed by atoms with van der Waals surface area (Å²) in [6, 6.07) is 26.3. The van der Waals surface area contributed by atoms with Gasteiger partial charge in [-0.2, -0.15) is 0 Å². The van der Waals surface area contributed by atoms with Crippen LogP contribution in [0.25, 0.3) is 32.2 Å². The van der Waals surface area contributed by atoms with Crippen molar-refractivity contribution in [2.45, 2.75) is 66.0 Å². The SMILES string of the molecule is CCOC(=O)C(C)(C)Cc1c(C(=O)C2CCC2)c2cc(OC(C)c3nc4ccccc4s3)ccc2n1Cc1ccc(-c2ccc(OC)nc2)cc1. The number of rotatable bonds is 13. The van der Waals surface area contributed by atoms with Gasteiger partial charge < -0.3 is 18.8 Å². The Morgan fingerprint density at radius 1 is 1.00 bits per heavy atom. The Morgan fingerprint density at radius 2 is 1.76 bits per heavy atom. The van der Waals surface area contributed by atoms with Crippen LogP contribution in [0.5, 0.6) is 11.6 Å². The summed E-state index contributed by atoms with van der Waals surface area (Å²) in [6.07, 6.45) is 4.66. The number of ether oxygens (including phenoxy) is 3. The lowest BCUT2D eigenvalue weighted by Crippen LogP contribution is -2.31. The number of benzene rings is 3. The van der Waals surface area contributed by atoms with Gasteiger partial charge >= 0.3 is 5.97 Å². The van der Waals surface area contributed by atoms with E-state index in [1.807, 2.05) is 76.2 Å². The molecule has 8 nitrogen and oxygen atoms in total. The van der Waals surface area contributed by atoms with E-state index < -0.39 is 5.41 Å². The number of esters is 1. The molecule has 262 valence electrons. The van der Waals surface area contributed by atoms with E-state index in [9.17, 15) is 9.59 Å². The molecule has 0 aliphatic heterocycles. The molecular formula is C42H43N3O5S. The smallest absolute Gasteiger partial charge is 0.311 e. The van der Waals surface area contributed by atoms with Crippen LogP contribution in [0, 0.1) is 11.3 Å². The maximum absolute atomic E-state index is 14.4. The first kappa shape index (κ1) is 34.4. The average molecular weight is 702 g/mol. The van der Waals surface area contributed by atoms with Gasteiger partial charge in [-0.05, 0) is 88.1 Å². The van der Waals surface area contributed by atoms with E-state index >= 15 is 0 Å². The molecule has 7 rings (SSSR count). The predicted molar refractivity (Wildman–Crippen MR) is 202 cm³/mol. The topological polar surface area (TPSA) is 92.5 Å². The van der Waals surface area contributed by atoms with E-state index in [0.29, 0.717) is 36.8 Å². The van der Waals surface area contributed by atoms with E-state index in [1.165, 1.54) is 0 Å². The van der Waals surface area contributed by atoms with Gasteiger partial charge in [-0.25, -0.2) is 9.97 Å². The van der Waals surface area contributed by atoms with Crippen LogP contribution in [0.3, 0.4) is 0 Å². The molecule has 1 aliphatic carbocycles. The number of carbonyl (C=O) groups excluding carboxylic acids is 2. The molecule has 1 fully saturated rings. The average Bonchev–Trinajstić information content (AvgIpc) is 3.67. The second-order valence-corrected chi connectivity index (χ2v) is 15.0. The van der Waals surface area contributed by atoms with Gasteiger partial charge in [0.15, 0.2) is 5.78 Å². The Hall–Kier alpha value is -5.02.